The Morgan fingerprint density at radius 2 is 1.78 bits per heavy atom. The van der Waals surface area contributed by atoms with Crippen LogP contribution in [0, 0.1) is 6.92 Å². The van der Waals surface area contributed by atoms with E-state index in [1.54, 1.807) is 13.0 Å². The van der Waals surface area contributed by atoms with Crippen LogP contribution in [-0.4, -0.2) is 18.2 Å². The van der Waals surface area contributed by atoms with Crippen LogP contribution in [0.3, 0.4) is 0 Å². The average molecular weight is 242 g/mol. The summed E-state index contributed by atoms with van der Waals surface area (Å²) in [4.78, 5) is 11.3. The second kappa shape index (κ2) is 4.92. The number of carbonyl (C=O) groups is 1. The van der Waals surface area contributed by atoms with Crippen LogP contribution in [0.1, 0.15) is 15.9 Å². The molecule has 3 heteroatoms. The summed E-state index contributed by atoms with van der Waals surface area (Å²) in [5.41, 5.74) is 2.85. The van der Waals surface area contributed by atoms with Crippen molar-refractivity contribution in [2.45, 2.75) is 6.92 Å². The van der Waals surface area contributed by atoms with Crippen LogP contribution in [0.5, 0.6) is 5.75 Å². The molecule has 0 saturated carbocycles. The van der Waals surface area contributed by atoms with Gasteiger partial charge in [0.05, 0.1) is 7.11 Å². The Hall–Kier alpha value is -2.29. The van der Waals surface area contributed by atoms with Crippen LogP contribution in [-0.2, 0) is 0 Å². The molecule has 0 aliphatic rings. The number of carboxylic acid groups (broad SMARTS) is 1. The summed E-state index contributed by atoms with van der Waals surface area (Å²) in [5, 5.41) is 9.27. The molecule has 0 atom stereocenters. The topological polar surface area (TPSA) is 46.5 Å². The van der Waals surface area contributed by atoms with Crippen molar-refractivity contribution in [3.8, 4) is 16.9 Å². The zero-order chi connectivity index (χ0) is 13.1. The molecular weight excluding hydrogens is 228 g/mol. The molecule has 0 saturated heterocycles. The molecule has 1 N–H and O–H groups in total. The monoisotopic (exact) mass is 242 g/mol. The predicted octanol–water partition coefficient (Wildman–Crippen LogP) is 3.37. The normalized spacial score (nSPS) is 10.1. The second-order valence-corrected chi connectivity index (χ2v) is 3.99. The van der Waals surface area contributed by atoms with Crippen molar-refractivity contribution in [2.75, 3.05) is 7.11 Å². The molecular formula is C15H14O3. The first-order valence-corrected chi connectivity index (χ1v) is 5.61. The van der Waals surface area contributed by atoms with E-state index in [2.05, 4.69) is 0 Å². The lowest BCUT2D eigenvalue weighted by atomic mass is 9.96. The van der Waals surface area contributed by atoms with E-state index in [9.17, 15) is 9.90 Å². The van der Waals surface area contributed by atoms with E-state index in [1.807, 2.05) is 36.4 Å². The minimum absolute atomic E-state index is 0.221. The van der Waals surface area contributed by atoms with E-state index in [-0.39, 0.29) is 5.56 Å². The summed E-state index contributed by atoms with van der Waals surface area (Å²) in [6, 6.07) is 13.3. The Morgan fingerprint density at radius 1 is 1.11 bits per heavy atom. The number of hydrogen-bond donors (Lipinski definition) is 1. The highest BCUT2D eigenvalue weighted by molar-refractivity contribution is 5.95. The zero-order valence-electron chi connectivity index (χ0n) is 10.3. The van der Waals surface area contributed by atoms with Crippen molar-refractivity contribution < 1.29 is 14.6 Å². The Bertz CT molecular complexity index is 574. The van der Waals surface area contributed by atoms with Gasteiger partial charge in [-0.15, -0.1) is 0 Å². The van der Waals surface area contributed by atoms with Gasteiger partial charge in [0.1, 0.15) is 11.3 Å². The Labute approximate surface area is 106 Å². The van der Waals surface area contributed by atoms with Gasteiger partial charge in [-0.05, 0) is 29.7 Å². The quantitative estimate of drug-likeness (QED) is 0.897. The molecule has 0 spiro atoms. The molecule has 2 aromatic carbocycles. The van der Waals surface area contributed by atoms with Gasteiger partial charge in [0.2, 0.25) is 0 Å². The highest BCUT2D eigenvalue weighted by Gasteiger charge is 2.17. The highest BCUT2D eigenvalue weighted by atomic mass is 16.5. The molecule has 0 aliphatic carbocycles. The van der Waals surface area contributed by atoms with Gasteiger partial charge in [0.15, 0.2) is 0 Å². The maximum atomic E-state index is 11.3. The first-order chi connectivity index (χ1) is 8.65. The van der Waals surface area contributed by atoms with Crippen molar-refractivity contribution in [3.05, 3.63) is 53.6 Å². The van der Waals surface area contributed by atoms with E-state index in [0.29, 0.717) is 11.3 Å². The third-order valence-electron chi connectivity index (χ3n) is 2.95. The van der Waals surface area contributed by atoms with Gasteiger partial charge in [-0.3, -0.25) is 0 Å². The van der Waals surface area contributed by atoms with Crippen molar-refractivity contribution in [1.82, 2.24) is 0 Å². The fourth-order valence-electron chi connectivity index (χ4n) is 2.05. The van der Waals surface area contributed by atoms with Crippen LogP contribution < -0.4 is 4.74 Å². The molecule has 0 aliphatic heterocycles. The average Bonchev–Trinajstić information content (AvgIpc) is 2.38. The molecule has 92 valence electrons. The Kier molecular flexibility index (Phi) is 3.33. The standard InChI is InChI=1S/C15H14O3/c1-10-12(11-6-4-3-5-7-11)8-9-13(18-2)14(10)15(16)17/h3-9H,1-2H3,(H,16,17). The van der Waals surface area contributed by atoms with Crippen LogP contribution in [0.2, 0.25) is 0 Å². The summed E-state index contributed by atoms with van der Waals surface area (Å²) in [7, 11) is 1.48. The summed E-state index contributed by atoms with van der Waals surface area (Å²) in [5.74, 6) is -0.582. The lowest BCUT2D eigenvalue weighted by molar-refractivity contribution is 0.0692. The zero-order valence-corrected chi connectivity index (χ0v) is 10.3. The molecule has 0 unspecified atom stereocenters. The molecule has 0 radical (unpaired) electrons. The molecule has 2 rings (SSSR count). The molecule has 0 amide bonds. The highest BCUT2D eigenvalue weighted by Crippen LogP contribution is 2.31. The minimum Gasteiger partial charge on any atom is -0.496 e. The molecule has 3 nitrogen and oxygen atoms in total. The molecule has 2 aromatic rings. The molecule has 0 fully saturated rings. The fourth-order valence-corrected chi connectivity index (χ4v) is 2.05. The van der Waals surface area contributed by atoms with Crippen LogP contribution in [0.25, 0.3) is 11.1 Å². The number of benzene rings is 2. The van der Waals surface area contributed by atoms with E-state index in [0.717, 1.165) is 11.1 Å². The van der Waals surface area contributed by atoms with Crippen molar-refractivity contribution in [1.29, 1.82) is 0 Å². The first-order valence-electron chi connectivity index (χ1n) is 5.61. The van der Waals surface area contributed by atoms with Gasteiger partial charge >= 0.3 is 5.97 Å². The van der Waals surface area contributed by atoms with E-state index >= 15 is 0 Å². The summed E-state index contributed by atoms with van der Waals surface area (Å²) in [6.07, 6.45) is 0. The van der Waals surface area contributed by atoms with Crippen molar-refractivity contribution in [2.24, 2.45) is 0 Å². The number of aromatic carboxylic acids is 1. The van der Waals surface area contributed by atoms with Crippen molar-refractivity contribution >= 4 is 5.97 Å². The van der Waals surface area contributed by atoms with Gasteiger partial charge in [-0.2, -0.15) is 0 Å². The molecule has 0 bridgehead atoms. The van der Waals surface area contributed by atoms with Crippen LogP contribution >= 0.6 is 0 Å². The third-order valence-corrected chi connectivity index (χ3v) is 2.95. The lowest BCUT2D eigenvalue weighted by Gasteiger charge is -2.12. The number of hydrogen-bond acceptors (Lipinski definition) is 2. The molecule has 0 aromatic heterocycles. The summed E-state index contributed by atoms with van der Waals surface area (Å²) >= 11 is 0. The molecule has 18 heavy (non-hydrogen) atoms. The third kappa shape index (κ3) is 2.07. The predicted molar refractivity (Wildman–Crippen MR) is 70.1 cm³/mol. The Morgan fingerprint density at radius 3 is 2.33 bits per heavy atom. The van der Waals surface area contributed by atoms with Gasteiger partial charge in [0, 0.05) is 0 Å². The first kappa shape index (κ1) is 12.2. The largest absolute Gasteiger partial charge is 0.496 e. The fraction of sp³-hybridized carbons (Fsp3) is 0.133. The summed E-state index contributed by atoms with van der Waals surface area (Å²) < 4.78 is 5.10. The maximum absolute atomic E-state index is 11.3. The van der Waals surface area contributed by atoms with Gasteiger partial charge in [-0.25, -0.2) is 4.79 Å². The number of ether oxygens (including phenoxy) is 1. The van der Waals surface area contributed by atoms with Crippen LogP contribution in [0.4, 0.5) is 0 Å². The Balaban J connectivity index is 2.65. The van der Waals surface area contributed by atoms with E-state index in [1.165, 1.54) is 7.11 Å². The van der Waals surface area contributed by atoms with Gasteiger partial charge in [0.25, 0.3) is 0 Å². The maximum Gasteiger partial charge on any atom is 0.339 e. The number of rotatable bonds is 3. The van der Waals surface area contributed by atoms with Crippen LogP contribution in [0.15, 0.2) is 42.5 Å². The van der Waals surface area contributed by atoms with Gasteiger partial charge in [-0.1, -0.05) is 36.4 Å². The van der Waals surface area contributed by atoms with E-state index < -0.39 is 5.97 Å². The minimum atomic E-state index is -0.970. The van der Waals surface area contributed by atoms with E-state index in [4.69, 9.17) is 4.74 Å². The second-order valence-electron chi connectivity index (χ2n) is 3.99. The number of methoxy groups -OCH3 is 1. The lowest BCUT2D eigenvalue weighted by Crippen LogP contribution is -2.04. The van der Waals surface area contributed by atoms with Crippen molar-refractivity contribution in [3.63, 3.8) is 0 Å². The number of carboxylic acids is 1. The molecule has 0 heterocycles. The smallest absolute Gasteiger partial charge is 0.339 e. The SMILES string of the molecule is COc1ccc(-c2ccccc2)c(C)c1C(=O)O. The van der Waals surface area contributed by atoms with Gasteiger partial charge < -0.3 is 9.84 Å². The summed E-state index contributed by atoms with van der Waals surface area (Å²) in [6.45, 7) is 1.80.